The monoisotopic (exact) mass is 221 g/mol. The summed E-state index contributed by atoms with van der Waals surface area (Å²) in [6.45, 7) is 6.78. The molecule has 0 radical (unpaired) electrons. The van der Waals surface area contributed by atoms with Crippen LogP contribution >= 0.6 is 0 Å². The molecule has 0 aromatic heterocycles. The summed E-state index contributed by atoms with van der Waals surface area (Å²) in [5.74, 6) is 0.383. The molecule has 3 nitrogen and oxygen atoms in total. The van der Waals surface area contributed by atoms with Crippen molar-refractivity contribution >= 4 is 0 Å². The molecule has 0 amide bonds. The van der Waals surface area contributed by atoms with Gasteiger partial charge in [-0.25, -0.2) is 0 Å². The summed E-state index contributed by atoms with van der Waals surface area (Å²) in [5.41, 5.74) is 0.997. The molecule has 0 aliphatic carbocycles. The van der Waals surface area contributed by atoms with E-state index in [0.717, 1.165) is 25.3 Å². The van der Waals surface area contributed by atoms with Crippen molar-refractivity contribution in [3.63, 3.8) is 0 Å². The number of morpholine rings is 1. The van der Waals surface area contributed by atoms with Crippen LogP contribution in [0.2, 0.25) is 0 Å². The normalized spacial score (nSPS) is 24.2. The second-order valence-electron chi connectivity index (χ2n) is 4.40. The van der Waals surface area contributed by atoms with Crippen LogP contribution in [0, 0.1) is 0 Å². The fourth-order valence-electron chi connectivity index (χ4n) is 2.33. The lowest BCUT2D eigenvalue weighted by molar-refractivity contribution is -0.0194. The van der Waals surface area contributed by atoms with Crippen LogP contribution in [0.3, 0.4) is 0 Å². The largest absolute Gasteiger partial charge is 0.508 e. The van der Waals surface area contributed by atoms with Crippen molar-refractivity contribution in [1.82, 2.24) is 4.90 Å². The Balaban J connectivity index is 2.17. The summed E-state index contributed by atoms with van der Waals surface area (Å²) in [6, 6.07) is 8.20. The zero-order valence-electron chi connectivity index (χ0n) is 9.89. The van der Waals surface area contributed by atoms with E-state index < -0.39 is 0 Å². The van der Waals surface area contributed by atoms with Crippen LogP contribution in [-0.2, 0) is 4.74 Å². The van der Waals surface area contributed by atoms with E-state index in [1.165, 1.54) is 0 Å². The Morgan fingerprint density at radius 1 is 1.44 bits per heavy atom. The lowest BCUT2D eigenvalue weighted by Gasteiger charge is -2.38. The van der Waals surface area contributed by atoms with Gasteiger partial charge in [-0.3, -0.25) is 4.90 Å². The smallest absolute Gasteiger partial charge is 0.120 e. The van der Waals surface area contributed by atoms with Gasteiger partial charge >= 0.3 is 0 Å². The molecule has 88 valence electrons. The second kappa shape index (κ2) is 4.85. The van der Waals surface area contributed by atoms with Crippen LogP contribution in [0.1, 0.15) is 25.5 Å². The van der Waals surface area contributed by atoms with E-state index in [1.807, 2.05) is 18.2 Å². The number of ether oxygens (including phenoxy) is 1. The SMILES string of the molecule is CC1COCCN1C(C)c1ccccc1O. The van der Waals surface area contributed by atoms with E-state index >= 15 is 0 Å². The van der Waals surface area contributed by atoms with Gasteiger partial charge < -0.3 is 9.84 Å². The van der Waals surface area contributed by atoms with E-state index in [9.17, 15) is 5.11 Å². The highest BCUT2D eigenvalue weighted by Crippen LogP contribution is 2.30. The molecule has 1 aromatic rings. The van der Waals surface area contributed by atoms with Crippen LogP contribution in [0.25, 0.3) is 0 Å². The van der Waals surface area contributed by atoms with Gasteiger partial charge in [-0.1, -0.05) is 18.2 Å². The first kappa shape index (κ1) is 11.4. The van der Waals surface area contributed by atoms with Crippen molar-refractivity contribution in [3.05, 3.63) is 29.8 Å². The molecule has 3 heteroatoms. The molecule has 0 saturated carbocycles. The van der Waals surface area contributed by atoms with Gasteiger partial charge in [-0.2, -0.15) is 0 Å². The number of hydrogen-bond donors (Lipinski definition) is 1. The van der Waals surface area contributed by atoms with Gasteiger partial charge in [0.05, 0.1) is 13.2 Å². The molecule has 1 aromatic carbocycles. The number of benzene rings is 1. The zero-order chi connectivity index (χ0) is 11.5. The summed E-state index contributed by atoms with van der Waals surface area (Å²) in [5, 5.41) is 9.84. The Kier molecular flexibility index (Phi) is 3.46. The van der Waals surface area contributed by atoms with Crippen LogP contribution in [0.5, 0.6) is 5.75 Å². The predicted molar refractivity (Wildman–Crippen MR) is 63.5 cm³/mol. The van der Waals surface area contributed by atoms with Gasteiger partial charge in [-0.15, -0.1) is 0 Å². The van der Waals surface area contributed by atoms with Crippen LogP contribution in [-0.4, -0.2) is 35.8 Å². The molecule has 2 rings (SSSR count). The summed E-state index contributed by atoms with van der Waals surface area (Å²) in [6.07, 6.45) is 0. The summed E-state index contributed by atoms with van der Waals surface area (Å²) in [4.78, 5) is 2.37. The molecule has 1 N–H and O–H groups in total. The molecule has 1 aliphatic heterocycles. The lowest BCUT2D eigenvalue weighted by Crippen LogP contribution is -2.44. The highest BCUT2D eigenvalue weighted by atomic mass is 16.5. The van der Waals surface area contributed by atoms with Crippen LogP contribution in [0.4, 0.5) is 0 Å². The minimum absolute atomic E-state index is 0.236. The van der Waals surface area contributed by atoms with Gasteiger partial charge in [0.15, 0.2) is 0 Å². The molecule has 0 bridgehead atoms. The van der Waals surface area contributed by atoms with Gasteiger partial charge in [0.25, 0.3) is 0 Å². The summed E-state index contributed by atoms with van der Waals surface area (Å²) < 4.78 is 5.42. The number of phenols is 1. The Morgan fingerprint density at radius 3 is 2.88 bits per heavy atom. The molecule has 1 saturated heterocycles. The van der Waals surface area contributed by atoms with Crippen LogP contribution in [0.15, 0.2) is 24.3 Å². The van der Waals surface area contributed by atoms with Crippen molar-refractivity contribution < 1.29 is 9.84 Å². The zero-order valence-corrected chi connectivity index (χ0v) is 9.89. The molecule has 2 atom stereocenters. The highest BCUT2D eigenvalue weighted by Gasteiger charge is 2.25. The first-order valence-electron chi connectivity index (χ1n) is 5.81. The molecule has 2 unspecified atom stereocenters. The average Bonchev–Trinajstić information content (AvgIpc) is 2.29. The van der Waals surface area contributed by atoms with Gasteiger partial charge in [-0.05, 0) is 19.9 Å². The van der Waals surface area contributed by atoms with Crippen molar-refractivity contribution in [2.45, 2.75) is 25.9 Å². The third kappa shape index (κ3) is 2.20. The molecular formula is C13H19NO2. The quantitative estimate of drug-likeness (QED) is 0.830. The maximum absolute atomic E-state index is 9.84. The fraction of sp³-hybridized carbons (Fsp3) is 0.538. The number of para-hydroxylation sites is 1. The maximum atomic E-state index is 9.84. The fourth-order valence-corrected chi connectivity index (χ4v) is 2.33. The van der Waals surface area contributed by atoms with Gasteiger partial charge in [0, 0.05) is 24.2 Å². The standard InChI is InChI=1S/C13H19NO2/c1-10-9-16-8-7-14(10)11(2)12-5-3-4-6-13(12)15/h3-6,10-11,15H,7-9H2,1-2H3. The van der Waals surface area contributed by atoms with E-state index in [2.05, 4.69) is 18.7 Å². The molecule has 1 fully saturated rings. The molecule has 0 spiro atoms. The number of aromatic hydroxyl groups is 1. The average molecular weight is 221 g/mol. The number of hydrogen-bond acceptors (Lipinski definition) is 3. The summed E-state index contributed by atoms with van der Waals surface area (Å²) in [7, 11) is 0. The lowest BCUT2D eigenvalue weighted by atomic mass is 10.0. The Morgan fingerprint density at radius 2 is 2.19 bits per heavy atom. The Bertz CT molecular complexity index is 354. The molecule has 1 heterocycles. The predicted octanol–water partition coefficient (Wildman–Crippen LogP) is 2.17. The van der Waals surface area contributed by atoms with E-state index in [1.54, 1.807) is 6.07 Å². The van der Waals surface area contributed by atoms with E-state index in [4.69, 9.17) is 4.74 Å². The summed E-state index contributed by atoms with van der Waals surface area (Å²) >= 11 is 0. The Hall–Kier alpha value is -1.06. The van der Waals surface area contributed by atoms with E-state index in [0.29, 0.717) is 11.8 Å². The van der Waals surface area contributed by atoms with E-state index in [-0.39, 0.29) is 6.04 Å². The number of nitrogens with zero attached hydrogens (tertiary/aromatic N) is 1. The molecule has 16 heavy (non-hydrogen) atoms. The minimum atomic E-state index is 0.236. The number of rotatable bonds is 2. The first-order chi connectivity index (χ1) is 7.70. The third-order valence-corrected chi connectivity index (χ3v) is 3.30. The second-order valence-corrected chi connectivity index (χ2v) is 4.40. The third-order valence-electron chi connectivity index (χ3n) is 3.30. The number of phenolic OH excluding ortho intramolecular Hbond substituents is 1. The van der Waals surface area contributed by atoms with Gasteiger partial charge in [0.2, 0.25) is 0 Å². The van der Waals surface area contributed by atoms with Crippen molar-refractivity contribution in [1.29, 1.82) is 0 Å². The minimum Gasteiger partial charge on any atom is -0.508 e. The molecule has 1 aliphatic rings. The van der Waals surface area contributed by atoms with Gasteiger partial charge in [0.1, 0.15) is 5.75 Å². The maximum Gasteiger partial charge on any atom is 0.120 e. The van der Waals surface area contributed by atoms with Crippen molar-refractivity contribution in [2.24, 2.45) is 0 Å². The van der Waals surface area contributed by atoms with Crippen molar-refractivity contribution in [2.75, 3.05) is 19.8 Å². The Labute approximate surface area is 96.6 Å². The first-order valence-corrected chi connectivity index (χ1v) is 5.81. The van der Waals surface area contributed by atoms with Crippen molar-refractivity contribution in [3.8, 4) is 5.75 Å². The highest BCUT2D eigenvalue weighted by molar-refractivity contribution is 5.34. The topological polar surface area (TPSA) is 32.7 Å². The molecular weight excluding hydrogens is 202 g/mol. The van der Waals surface area contributed by atoms with Crippen LogP contribution < -0.4 is 0 Å².